The maximum Gasteiger partial charge on any atom is 0.262 e. The summed E-state index contributed by atoms with van der Waals surface area (Å²) < 4.78 is 16.6. The molecule has 36 heavy (non-hydrogen) atoms. The van der Waals surface area contributed by atoms with E-state index in [0.717, 1.165) is 0 Å². The zero-order chi connectivity index (χ0) is 27.1. The summed E-state index contributed by atoms with van der Waals surface area (Å²) in [7, 11) is 7.33. The van der Waals surface area contributed by atoms with E-state index in [1.54, 1.807) is 18.2 Å². The highest BCUT2D eigenvalue weighted by molar-refractivity contribution is 9.10. The first-order chi connectivity index (χ1) is 16.9. The zero-order valence-electron chi connectivity index (χ0n) is 20.2. The highest BCUT2D eigenvalue weighted by Crippen LogP contribution is 2.43. The van der Waals surface area contributed by atoms with Crippen molar-refractivity contribution >= 4 is 40.4 Å². The fourth-order valence-electron chi connectivity index (χ4n) is 3.89. The minimum Gasteiger partial charge on any atom is -0.494 e. The van der Waals surface area contributed by atoms with E-state index >= 15 is 0 Å². The molecule has 0 unspecified atom stereocenters. The Morgan fingerprint density at radius 2 is 1.44 bits per heavy atom. The Bertz CT molecular complexity index is 1530. The van der Waals surface area contributed by atoms with E-state index in [4.69, 9.17) is 33.9 Å². The largest absolute Gasteiger partial charge is 0.494 e. The second kappa shape index (κ2) is 10.4. The van der Waals surface area contributed by atoms with Gasteiger partial charge >= 0.3 is 0 Å². The first-order valence-electron chi connectivity index (χ1n) is 10.5. The molecule has 0 spiro atoms. The molecule has 0 fully saturated rings. The molecule has 0 radical (unpaired) electrons. The van der Waals surface area contributed by atoms with E-state index in [9.17, 15) is 19.8 Å². The molecule has 3 rings (SSSR count). The van der Waals surface area contributed by atoms with Crippen LogP contribution in [0.15, 0.2) is 38.8 Å². The predicted molar refractivity (Wildman–Crippen MR) is 144 cm³/mol. The molecule has 192 valence electrons. The number of aromatic nitrogens is 4. The summed E-state index contributed by atoms with van der Waals surface area (Å²) in [6.07, 6.45) is 1.57. The van der Waals surface area contributed by atoms with Crippen LogP contribution in [0.3, 0.4) is 0 Å². The zero-order valence-corrected chi connectivity index (χ0v) is 23.5. The maximum absolute atomic E-state index is 13.5. The Labute approximate surface area is 225 Å². The normalized spacial score (nSPS) is 11.1. The summed E-state index contributed by atoms with van der Waals surface area (Å²) in [6, 6.07) is 3.18. The number of aromatic hydroxyl groups is 2. The standard InChI is InChI=1S/C23H25BrN4O6S2/c1-7-8-34-17-12(24)9-11(10-13(17)33-6)14(15-18(29)25(2)22(35)26(3)19(15)30)16-20(31)27(4)23(36)28(5)21(16)32/h7,9-10,14,29,31H,1,8H2,2-6H3. The molecule has 0 aliphatic rings. The van der Waals surface area contributed by atoms with Crippen LogP contribution in [0.1, 0.15) is 22.6 Å². The van der Waals surface area contributed by atoms with Gasteiger partial charge in [-0.2, -0.15) is 0 Å². The van der Waals surface area contributed by atoms with E-state index in [1.165, 1.54) is 53.6 Å². The fraction of sp³-hybridized carbons (Fsp3) is 0.304. The van der Waals surface area contributed by atoms with Crippen molar-refractivity contribution in [1.82, 2.24) is 18.3 Å². The number of rotatable bonds is 7. The van der Waals surface area contributed by atoms with Crippen molar-refractivity contribution in [1.29, 1.82) is 0 Å². The lowest BCUT2D eigenvalue weighted by atomic mass is 9.86. The van der Waals surface area contributed by atoms with Gasteiger partial charge in [-0.25, -0.2) is 0 Å². The molecule has 2 aromatic heterocycles. The Morgan fingerprint density at radius 1 is 0.972 bits per heavy atom. The summed E-state index contributed by atoms with van der Waals surface area (Å²) in [5.74, 6) is -1.51. The lowest BCUT2D eigenvalue weighted by Crippen LogP contribution is -2.33. The molecule has 0 amide bonds. The summed E-state index contributed by atoms with van der Waals surface area (Å²) in [5, 5.41) is 22.2. The van der Waals surface area contributed by atoms with Crippen molar-refractivity contribution in [2.24, 2.45) is 28.2 Å². The summed E-state index contributed by atoms with van der Waals surface area (Å²) in [6.45, 7) is 3.84. The van der Waals surface area contributed by atoms with Crippen LogP contribution >= 0.6 is 40.4 Å². The van der Waals surface area contributed by atoms with Crippen molar-refractivity contribution in [3.8, 4) is 23.3 Å². The van der Waals surface area contributed by atoms with Gasteiger partial charge in [-0.05, 0) is 58.1 Å². The molecule has 3 aromatic rings. The average Bonchev–Trinajstić information content (AvgIpc) is 2.86. The van der Waals surface area contributed by atoms with Crippen molar-refractivity contribution < 1.29 is 19.7 Å². The highest BCUT2D eigenvalue weighted by Gasteiger charge is 2.33. The van der Waals surface area contributed by atoms with Crippen LogP contribution in [0.25, 0.3) is 0 Å². The molecule has 0 aliphatic heterocycles. The third kappa shape index (κ3) is 4.42. The molecule has 2 heterocycles. The van der Waals surface area contributed by atoms with Crippen molar-refractivity contribution in [2.75, 3.05) is 13.7 Å². The van der Waals surface area contributed by atoms with Gasteiger partial charge in [-0.3, -0.25) is 27.9 Å². The molecule has 0 saturated heterocycles. The van der Waals surface area contributed by atoms with Gasteiger partial charge in [0, 0.05) is 28.2 Å². The number of halogens is 1. The molecule has 0 saturated carbocycles. The molecule has 13 heteroatoms. The van der Waals surface area contributed by atoms with E-state index in [0.29, 0.717) is 15.8 Å². The van der Waals surface area contributed by atoms with Gasteiger partial charge in [0.15, 0.2) is 21.0 Å². The Balaban J connectivity index is 2.57. The Hall–Kier alpha value is -3.16. The molecular formula is C23H25BrN4O6S2. The molecule has 1 aromatic carbocycles. The average molecular weight is 598 g/mol. The predicted octanol–water partition coefficient (Wildman–Crippen LogP) is 3.15. The van der Waals surface area contributed by atoms with E-state index < -0.39 is 28.8 Å². The minimum atomic E-state index is -1.25. The van der Waals surface area contributed by atoms with Crippen LogP contribution in [0.2, 0.25) is 0 Å². The number of nitrogens with zero attached hydrogens (tertiary/aromatic N) is 4. The number of ether oxygens (including phenoxy) is 2. The lowest BCUT2D eigenvalue weighted by molar-refractivity contribution is 0.324. The topological polar surface area (TPSA) is 113 Å². The third-order valence-electron chi connectivity index (χ3n) is 5.84. The van der Waals surface area contributed by atoms with Crippen molar-refractivity contribution in [3.63, 3.8) is 0 Å². The van der Waals surface area contributed by atoms with Gasteiger partial charge < -0.3 is 19.7 Å². The molecule has 0 bridgehead atoms. The van der Waals surface area contributed by atoms with Gasteiger partial charge in [0.25, 0.3) is 11.1 Å². The molecule has 0 atom stereocenters. The van der Waals surface area contributed by atoms with Crippen molar-refractivity contribution in [3.05, 3.63) is 76.2 Å². The van der Waals surface area contributed by atoms with Gasteiger partial charge in [-0.1, -0.05) is 12.7 Å². The fourth-order valence-corrected chi connectivity index (χ4v) is 4.80. The minimum absolute atomic E-state index is 0.0653. The lowest BCUT2D eigenvalue weighted by Gasteiger charge is -2.24. The molecule has 0 aliphatic carbocycles. The molecular weight excluding hydrogens is 572 g/mol. The van der Waals surface area contributed by atoms with E-state index in [1.807, 2.05) is 0 Å². The smallest absolute Gasteiger partial charge is 0.262 e. The van der Waals surface area contributed by atoms with Gasteiger partial charge in [0.1, 0.15) is 6.61 Å². The second-order valence-electron chi connectivity index (χ2n) is 7.95. The monoisotopic (exact) mass is 596 g/mol. The van der Waals surface area contributed by atoms with Crippen LogP contribution < -0.4 is 20.6 Å². The van der Waals surface area contributed by atoms with E-state index in [-0.39, 0.29) is 33.0 Å². The van der Waals surface area contributed by atoms with Crippen molar-refractivity contribution in [2.45, 2.75) is 5.92 Å². The Kier molecular flexibility index (Phi) is 7.96. The quantitative estimate of drug-likeness (QED) is 0.316. The maximum atomic E-state index is 13.5. The number of methoxy groups -OCH3 is 1. The summed E-state index contributed by atoms with van der Waals surface area (Å²) in [5.41, 5.74) is -1.29. The van der Waals surface area contributed by atoms with E-state index in [2.05, 4.69) is 22.5 Å². The number of hydrogen-bond acceptors (Lipinski definition) is 8. The van der Waals surface area contributed by atoms with Gasteiger partial charge in [0.2, 0.25) is 11.8 Å². The van der Waals surface area contributed by atoms with Crippen LogP contribution in [0, 0.1) is 9.54 Å². The van der Waals surface area contributed by atoms with Crippen LogP contribution in [0.4, 0.5) is 0 Å². The first-order valence-corrected chi connectivity index (χ1v) is 12.1. The summed E-state index contributed by atoms with van der Waals surface area (Å²) in [4.78, 5) is 27.0. The van der Waals surface area contributed by atoms with Gasteiger partial charge in [-0.15, -0.1) is 0 Å². The highest BCUT2D eigenvalue weighted by atomic mass is 79.9. The Morgan fingerprint density at radius 3 is 1.86 bits per heavy atom. The second-order valence-corrected chi connectivity index (χ2v) is 9.54. The summed E-state index contributed by atoms with van der Waals surface area (Å²) >= 11 is 14.0. The molecule has 2 N–H and O–H groups in total. The SMILES string of the molecule is C=CCOc1c(Br)cc(C(c2c(O)n(C)c(=S)n(C)c2=O)c2c(O)n(C)c(=S)n(C)c2=O)cc1OC. The van der Waals surface area contributed by atoms with Gasteiger partial charge in [0.05, 0.1) is 28.6 Å². The first kappa shape index (κ1) is 27.4. The van der Waals surface area contributed by atoms with Crippen LogP contribution in [-0.2, 0) is 28.2 Å². The third-order valence-corrected chi connectivity index (χ3v) is 7.53. The van der Waals surface area contributed by atoms with Crippen LogP contribution in [-0.4, -0.2) is 42.2 Å². The van der Waals surface area contributed by atoms with Crippen LogP contribution in [0.5, 0.6) is 23.3 Å². The molecule has 10 nitrogen and oxygen atoms in total. The number of benzene rings is 1. The number of hydrogen-bond donors (Lipinski definition) is 2.